The van der Waals surface area contributed by atoms with Crippen molar-refractivity contribution in [2.45, 2.75) is 12.2 Å². The Morgan fingerprint density at radius 2 is 1.80 bits per heavy atom. The van der Waals surface area contributed by atoms with E-state index < -0.39 is 5.79 Å². The zero-order valence-corrected chi connectivity index (χ0v) is 11.5. The Labute approximate surface area is 117 Å². The maximum Gasteiger partial charge on any atom is 0.263 e. The number of methoxy groups -OCH3 is 2. The fraction of sp³-hybridized carbons (Fsp3) is 0.250. The molecule has 0 amide bonds. The summed E-state index contributed by atoms with van der Waals surface area (Å²) >= 11 is 0. The minimum atomic E-state index is -1.62. The Bertz CT molecular complexity index is 565. The van der Waals surface area contributed by atoms with Gasteiger partial charge in [0.1, 0.15) is 0 Å². The molecule has 0 fully saturated rings. The molecule has 0 bridgehead atoms. The van der Waals surface area contributed by atoms with E-state index in [0.29, 0.717) is 0 Å². The van der Waals surface area contributed by atoms with Crippen LogP contribution in [0.25, 0.3) is 0 Å². The Morgan fingerprint density at radius 1 is 1.15 bits per heavy atom. The average molecular weight is 272 g/mol. The van der Waals surface area contributed by atoms with Crippen LogP contribution in [0.4, 0.5) is 0 Å². The lowest BCUT2D eigenvalue weighted by Gasteiger charge is -2.31. The van der Waals surface area contributed by atoms with Crippen LogP contribution in [0, 0.1) is 0 Å². The third kappa shape index (κ3) is 2.48. The summed E-state index contributed by atoms with van der Waals surface area (Å²) in [7, 11) is 2.70. The lowest BCUT2D eigenvalue weighted by atomic mass is 9.90. The molecule has 1 aliphatic rings. The van der Waals surface area contributed by atoms with Gasteiger partial charge in [-0.15, -0.1) is 0 Å². The predicted molar refractivity (Wildman–Crippen MR) is 74.1 cm³/mol. The molecule has 0 aliphatic heterocycles. The molecule has 0 aromatic heterocycles. The van der Waals surface area contributed by atoms with Gasteiger partial charge in [0.2, 0.25) is 5.78 Å². The summed E-state index contributed by atoms with van der Waals surface area (Å²) in [4.78, 5) is 24.4. The first-order valence-corrected chi connectivity index (χ1v) is 6.24. The maximum absolute atomic E-state index is 12.4. The Hall–Kier alpha value is -2.04. The number of hydrogen-bond donors (Lipinski definition) is 0. The molecule has 4 heteroatoms. The first-order valence-electron chi connectivity index (χ1n) is 6.24. The summed E-state index contributed by atoms with van der Waals surface area (Å²) in [6.07, 6.45) is 4.64. The lowest BCUT2D eigenvalue weighted by molar-refractivity contribution is -0.187. The average Bonchev–Trinajstić information content (AvgIpc) is 2.48. The van der Waals surface area contributed by atoms with Crippen LogP contribution in [-0.4, -0.2) is 31.6 Å². The maximum atomic E-state index is 12.4. The zero-order valence-electron chi connectivity index (χ0n) is 11.5. The summed E-state index contributed by atoms with van der Waals surface area (Å²) in [5, 5.41) is 0. The van der Waals surface area contributed by atoms with E-state index >= 15 is 0 Å². The molecule has 0 spiro atoms. The third-order valence-corrected chi connectivity index (χ3v) is 3.27. The number of rotatable bonds is 5. The third-order valence-electron chi connectivity index (χ3n) is 3.27. The monoisotopic (exact) mass is 272 g/mol. The van der Waals surface area contributed by atoms with Crippen molar-refractivity contribution in [3.8, 4) is 0 Å². The Kier molecular flexibility index (Phi) is 4.27. The molecule has 0 radical (unpaired) electrons. The largest absolute Gasteiger partial charge is 0.343 e. The van der Waals surface area contributed by atoms with Crippen LogP contribution in [0.2, 0.25) is 0 Å². The molecule has 0 heterocycles. The van der Waals surface area contributed by atoms with Gasteiger partial charge >= 0.3 is 0 Å². The van der Waals surface area contributed by atoms with Crippen LogP contribution in [-0.2, 0) is 25.5 Å². The molecule has 1 aromatic rings. The predicted octanol–water partition coefficient (Wildman–Crippen LogP) is 1.85. The molecule has 2 rings (SSSR count). The molecule has 0 saturated carbocycles. The molecule has 0 N–H and O–H groups in total. The van der Waals surface area contributed by atoms with E-state index in [2.05, 4.69) is 0 Å². The highest BCUT2D eigenvalue weighted by atomic mass is 16.7. The van der Waals surface area contributed by atoms with E-state index in [1.54, 1.807) is 6.08 Å². The Balaban J connectivity index is 2.30. The molecular weight excluding hydrogens is 256 g/mol. The first-order chi connectivity index (χ1) is 9.64. The number of hydrogen-bond acceptors (Lipinski definition) is 4. The van der Waals surface area contributed by atoms with Gasteiger partial charge < -0.3 is 9.47 Å². The van der Waals surface area contributed by atoms with E-state index in [1.807, 2.05) is 30.3 Å². The van der Waals surface area contributed by atoms with Gasteiger partial charge in [-0.2, -0.15) is 0 Å². The minimum absolute atomic E-state index is 0.197. The fourth-order valence-electron chi connectivity index (χ4n) is 2.24. The van der Waals surface area contributed by atoms with Crippen LogP contribution in [0.3, 0.4) is 0 Å². The zero-order chi connectivity index (χ0) is 14.6. The quantitative estimate of drug-likeness (QED) is 0.768. The number of ketones is 2. The number of carbonyl (C=O) groups is 2. The van der Waals surface area contributed by atoms with E-state index in [1.165, 1.54) is 26.4 Å². The van der Waals surface area contributed by atoms with Gasteiger partial charge in [-0.1, -0.05) is 36.4 Å². The normalized spacial score (nSPS) is 16.9. The highest BCUT2D eigenvalue weighted by molar-refractivity contribution is 6.11. The SMILES string of the molecule is COC1(OC)C(=O)C=CC=C1C(=O)Cc1ccccc1. The second-order valence-electron chi connectivity index (χ2n) is 4.41. The fourth-order valence-corrected chi connectivity index (χ4v) is 2.24. The molecule has 0 atom stereocenters. The summed E-state index contributed by atoms with van der Waals surface area (Å²) < 4.78 is 10.4. The smallest absolute Gasteiger partial charge is 0.263 e. The lowest BCUT2D eigenvalue weighted by Crippen LogP contribution is -2.47. The van der Waals surface area contributed by atoms with Gasteiger partial charge in [0.05, 0.1) is 5.57 Å². The minimum Gasteiger partial charge on any atom is -0.343 e. The van der Waals surface area contributed by atoms with Crippen molar-refractivity contribution in [3.63, 3.8) is 0 Å². The van der Waals surface area contributed by atoms with Crippen molar-refractivity contribution < 1.29 is 19.1 Å². The number of allylic oxidation sites excluding steroid dienone is 2. The van der Waals surface area contributed by atoms with Gasteiger partial charge in [0, 0.05) is 20.6 Å². The molecule has 20 heavy (non-hydrogen) atoms. The van der Waals surface area contributed by atoms with Crippen molar-refractivity contribution >= 4 is 11.6 Å². The van der Waals surface area contributed by atoms with E-state index in [9.17, 15) is 9.59 Å². The van der Waals surface area contributed by atoms with Crippen molar-refractivity contribution in [1.82, 2.24) is 0 Å². The summed E-state index contributed by atoms with van der Waals surface area (Å²) in [5.41, 5.74) is 1.10. The number of benzene rings is 1. The molecule has 0 unspecified atom stereocenters. The van der Waals surface area contributed by atoms with Crippen molar-refractivity contribution in [3.05, 3.63) is 59.7 Å². The Morgan fingerprint density at radius 3 is 2.40 bits per heavy atom. The van der Waals surface area contributed by atoms with Crippen LogP contribution in [0.15, 0.2) is 54.1 Å². The van der Waals surface area contributed by atoms with Gasteiger partial charge in [-0.25, -0.2) is 0 Å². The molecule has 1 aromatic carbocycles. The second-order valence-corrected chi connectivity index (χ2v) is 4.41. The van der Waals surface area contributed by atoms with Gasteiger partial charge in [-0.05, 0) is 17.7 Å². The van der Waals surface area contributed by atoms with Crippen molar-refractivity contribution in [2.75, 3.05) is 14.2 Å². The summed E-state index contributed by atoms with van der Waals surface area (Å²) in [5.74, 6) is -2.21. The molecule has 4 nitrogen and oxygen atoms in total. The first kappa shape index (κ1) is 14.4. The van der Waals surface area contributed by atoms with Crippen LogP contribution >= 0.6 is 0 Å². The van der Waals surface area contributed by atoms with Crippen LogP contribution in [0.5, 0.6) is 0 Å². The number of Topliss-reactive ketones (excluding diaryl/α,β-unsaturated/α-hetero) is 1. The van der Waals surface area contributed by atoms with Crippen LogP contribution < -0.4 is 0 Å². The molecule has 104 valence electrons. The van der Waals surface area contributed by atoms with Gasteiger partial charge in [-0.3, -0.25) is 9.59 Å². The highest BCUT2D eigenvalue weighted by Crippen LogP contribution is 2.28. The van der Waals surface area contributed by atoms with Crippen molar-refractivity contribution in [2.24, 2.45) is 0 Å². The van der Waals surface area contributed by atoms with E-state index in [-0.39, 0.29) is 23.6 Å². The van der Waals surface area contributed by atoms with Gasteiger partial charge in [0.15, 0.2) is 5.78 Å². The van der Waals surface area contributed by atoms with E-state index in [4.69, 9.17) is 9.47 Å². The summed E-state index contributed by atoms with van der Waals surface area (Å²) in [6, 6.07) is 9.33. The van der Waals surface area contributed by atoms with Crippen LogP contribution in [0.1, 0.15) is 5.56 Å². The highest BCUT2D eigenvalue weighted by Gasteiger charge is 2.45. The topological polar surface area (TPSA) is 52.6 Å². The summed E-state index contributed by atoms with van der Waals surface area (Å²) in [6.45, 7) is 0. The number of ether oxygens (including phenoxy) is 2. The van der Waals surface area contributed by atoms with Gasteiger partial charge in [0.25, 0.3) is 5.79 Å². The number of carbonyl (C=O) groups excluding carboxylic acids is 2. The molecular formula is C16H16O4. The molecule has 1 aliphatic carbocycles. The molecule has 0 saturated heterocycles. The second kappa shape index (κ2) is 5.94. The standard InChI is InChI=1S/C16H16O4/c1-19-16(20-2)13(9-6-10-15(16)18)14(17)11-12-7-4-3-5-8-12/h3-10H,11H2,1-2H3. The van der Waals surface area contributed by atoms with Crippen molar-refractivity contribution in [1.29, 1.82) is 0 Å². The van der Waals surface area contributed by atoms with E-state index in [0.717, 1.165) is 5.56 Å².